The third kappa shape index (κ3) is 3.83. The number of benzene rings is 1. The van der Waals surface area contributed by atoms with Crippen molar-refractivity contribution < 1.29 is 8.42 Å². The maximum atomic E-state index is 12.4. The lowest BCUT2D eigenvalue weighted by Gasteiger charge is -2.27. The van der Waals surface area contributed by atoms with Crippen LogP contribution in [0.25, 0.3) is 0 Å². The number of hydrogen-bond acceptors (Lipinski definition) is 3. The number of nitrogens with zero attached hydrogens (tertiary/aromatic N) is 1. The summed E-state index contributed by atoms with van der Waals surface area (Å²) >= 11 is 0. The molecule has 0 fully saturated rings. The zero-order valence-corrected chi connectivity index (χ0v) is 13.3. The van der Waals surface area contributed by atoms with Crippen LogP contribution in [0.1, 0.15) is 31.9 Å². The molecule has 2 N–H and O–H groups in total. The van der Waals surface area contributed by atoms with E-state index in [9.17, 15) is 8.42 Å². The fourth-order valence-corrected chi connectivity index (χ4v) is 2.96. The molecule has 0 unspecified atom stereocenters. The summed E-state index contributed by atoms with van der Waals surface area (Å²) in [4.78, 5) is 0. The summed E-state index contributed by atoms with van der Waals surface area (Å²) < 4.78 is 25.3. The van der Waals surface area contributed by atoms with E-state index in [0.717, 1.165) is 11.1 Å². The molecule has 20 heavy (non-hydrogen) atoms. The third-order valence-corrected chi connectivity index (χ3v) is 5.42. The molecule has 0 amide bonds. The van der Waals surface area contributed by atoms with Gasteiger partial charge < -0.3 is 5.73 Å². The standard InChI is InChI=1S/C15H22N2O2S/c1-15(2,3)20(18,19)17(4)12-14-9-6-5-8-13(14)10-7-11-16/h5-6,8-9H,11-12,16H2,1-4H3. The fourth-order valence-electron chi connectivity index (χ4n) is 1.72. The lowest BCUT2D eigenvalue weighted by molar-refractivity contribution is 0.441. The van der Waals surface area contributed by atoms with Gasteiger partial charge in [0.1, 0.15) is 0 Å². The van der Waals surface area contributed by atoms with Crippen LogP contribution in [0.15, 0.2) is 24.3 Å². The molecule has 0 saturated heterocycles. The minimum atomic E-state index is -3.35. The van der Waals surface area contributed by atoms with Gasteiger partial charge in [-0.3, -0.25) is 0 Å². The van der Waals surface area contributed by atoms with Gasteiger partial charge in [0, 0.05) is 19.2 Å². The second-order valence-corrected chi connectivity index (χ2v) is 8.33. The maximum Gasteiger partial charge on any atom is 0.219 e. The van der Waals surface area contributed by atoms with Gasteiger partial charge in [-0.05, 0) is 32.4 Å². The second kappa shape index (κ2) is 6.40. The van der Waals surface area contributed by atoms with Gasteiger partial charge in [-0.25, -0.2) is 12.7 Å². The van der Waals surface area contributed by atoms with Gasteiger partial charge in [0.05, 0.1) is 11.3 Å². The summed E-state index contributed by atoms with van der Waals surface area (Å²) in [6.07, 6.45) is 0. The number of hydrogen-bond donors (Lipinski definition) is 1. The Hall–Kier alpha value is -1.35. The maximum absolute atomic E-state index is 12.4. The highest BCUT2D eigenvalue weighted by atomic mass is 32.2. The molecule has 5 heteroatoms. The molecular weight excluding hydrogens is 272 g/mol. The Kier molecular flexibility index (Phi) is 5.35. The van der Waals surface area contributed by atoms with Crippen LogP contribution >= 0.6 is 0 Å². The summed E-state index contributed by atoms with van der Waals surface area (Å²) in [5, 5.41) is 0. The minimum Gasteiger partial charge on any atom is -0.320 e. The topological polar surface area (TPSA) is 63.4 Å². The fraction of sp³-hybridized carbons (Fsp3) is 0.467. The van der Waals surface area contributed by atoms with E-state index in [4.69, 9.17) is 5.73 Å². The van der Waals surface area contributed by atoms with Crippen LogP contribution < -0.4 is 5.73 Å². The molecule has 0 aromatic heterocycles. The van der Waals surface area contributed by atoms with Crippen molar-refractivity contribution in [2.24, 2.45) is 5.73 Å². The van der Waals surface area contributed by atoms with Crippen molar-refractivity contribution >= 4 is 10.0 Å². The highest BCUT2D eigenvalue weighted by molar-refractivity contribution is 7.90. The lowest BCUT2D eigenvalue weighted by Crippen LogP contribution is -2.40. The van der Waals surface area contributed by atoms with Crippen molar-refractivity contribution in [3.63, 3.8) is 0 Å². The molecule has 0 aliphatic carbocycles. The van der Waals surface area contributed by atoms with Gasteiger partial charge in [0.25, 0.3) is 0 Å². The molecule has 0 saturated carbocycles. The van der Waals surface area contributed by atoms with Crippen LogP contribution in [0.3, 0.4) is 0 Å². The van der Waals surface area contributed by atoms with Crippen molar-refractivity contribution in [3.8, 4) is 11.8 Å². The van der Waals surface area contributed by atoms with Crippen molar-refractivity contribution in [3.05, 3.63) is 35.4 Å². The van der Waals surface area contributed by atoms with Gasteiger partial charge in [-0.1, -0.05) is 30.0 Å². The number of rotatable bonds is 3. The predicted molar refractivity (Wildman–Crippen MR) is 82.5 cm³/mol. The molecule has 0 atom stereocenters. The molecule has 4 nitrogen and oxygen atoms in total. The molecular formula is C15H22N2O2S. The molecule has 0 aliphatic rings. The summed E-state index contributed by atoms with van der Waals surface area (Å²) in [6, 6.07) is 7.51. The molecule has 0 aliphatic heterocycles. The SMILES string of the molecule is CN(Cc1ccccc1C#CCN)S(=O)(=O)C(C)(C)C. The first-order valence-electron chi connectivity index (χ1n) is 6.43. The van der Waals surface area contributed by atoms with Gasteiger partial charge in [-0.2, -0.15) is 0 Å². The first kappa shape index (κ1) is 16.7. The van der Waals surface area contributed by atoms with E-state index in [1.54, 1.807) is 27.8 Å². The van der Waals surface area contributed by atoms with E-state index in [1.165, 1.54) is 4.31 Å². The van der Waals surface area contributed by atoms with Crippen molar-refractivity contribution in [2.75, 3.05) is 13.6 Å². The van der Waals surface area contributed by atoms with Gasteiger partial charge in [0.2, 0.25) is 10.0 Å². The van der Waals surface area contributed by atoms with Crippen molar-refractivity contribution in [2.45, 2.75) is 32.1 Å². The Morgan fingerprint density at radius 3 is 2.40 bits per heavy atom. The minimum absolute atomic E-state index is 0.282. The second-order valence-electron chi connectivity index (χ2n) is 5.54. The third-order valence-electron chi connectivity index (χ3n) is 2.92. The number of nitrogens with two attached hydrogens (primary N) is 1. The first-order chi connectivity index (χ1) is 9.20. The van der Waals surface area contributed by atoms with E-state index in [1.807, 2.05) is 24.3 Å². The average molecular weight is 294 g/mol. The van der Waals surface area contributed by atoms with Gasteiger partial charge >= 0.3 is 0 Å². The molecule has 0 radical (unpaired) electrons. The lowest BCUT2D eigenvalue weighted by atomic mass is 10.1. The van der Waals surface area contributed by atoms with Crippen LogP contribution in [0, 0.1) is 11.8 Å². The largest absolute Gasteiger partial charge is 0.320 e. The Bertz CT molecular complexity index is 619. The molecule has 1 aromatic rings. The Morgan fingerprint density at radius 2 is 1.85 bits per heavy atom. The molecule has 110 valence electrons. The Labute approximate surface area is 122 Å². The normalized spacial score (nSPS) is 12.1. The quantitative estimate of drug-likeness (QED) is 0.860. The van der Waals surface area contributed by atoms with E-state index in [-0.39, 0.29) is 6.54 Å². The van der Waals surface area contributed by atoms with Crippen molar-refractivity contribution in [1.82, 2.24) is 4.31 Å². The zero-order valence-electron chi connectivity index (χ0n) is 12.5. The van der Waals surface area contributed by atoms with E-state index >= 15 is 0 Å². The Morgan fingerprint density at radius 1 is 1.25 bits per heavy atom. The zero-order chi connectivity index (χ0) is 15.4. The van der Waals surface area contributed by atoms with E-state index in [2.05, 4.69) is 11.8 Å². The van der Waals surface area contributed by atoms with E-state index in [0.29, 0.717) is 6.54 Å². The summed E-state index contributed by atoms with van der Waals surface area (Å²) in [5.74, 6) is 5.77. The molecule has 1 rings (SSSR count). The van der Waals surface area contributed by atoms with Crippen molar-refractivity contribution in [1.29, 1.82) is 0 Å². The number of sulfonamides is 1. The van der Waals surface area contributed by atoms with Crippen LogP contribution in [0.2, 0.25) is 0 Å². The first-order valence-corrected chi connectivity index (χ1v) is 7.87. The summed E-state index contributed by atoms with van der Waals surface area (Å²) in [6.45, 7) is 5.66. The van der Waals surface area contributed by atoms with Gasteiger partial charge in [-0.15, -0.1) is 0 Å². The van der Waals surface area contributed by atoms with Crippen LogP contribution in [0.4, 0.5) is 0 Å². The highest BCUT2D eigenvalue weighted by Gasteiger charge is 2.33. The summed E-state index contributed by atoms with van der Waals surface area (Å²) in [5.41, 5.74) is 7.07. The van der Waals surface area contributed by atoms with Crippen LogP contribution in [-0.4, -0.2) is 31.1 Å². The van der Waals surface area contributed by atoms with Gasteiger partial charge in [0.15, 0.2) is 0 Å². The summed E-state index contributed by atoms with van der Waals surface area (Å²) in [7, 11) is -1.76. The van der Waals surface area contributed by atoms with Crippen LogP contribution in [-0.2, 0) is 16.6 Å². The Balaban J connectivity index is 3.06. The molecule has 0 bridgehead atoms. The highest BCUT2D eigenvalue weighted by Crippen LogP contribution is 2.21. The monoisotopic (exact) mass is 294 g/mol. The predicted octanol–water partition coefficient (Wildman–Crippen LogP) is 1.56. The average Bonchev–Trinajstić information content (AvgIpc) is 2.36. The molecule has 0 spiro atoms. The smallest absolute Gasteiger partial charge is 0.219 e. The van der Waals surface area contributed by atoms with Crippen LogP contribution in [0.5, 0.6) is 0 Å². The molecule has 0 heterocycles. The van der Waals surface area contributed by atoms with E-state index < -0.39 is 14.8 Å². The molecule has 1 aromatic carbocycles.